The molecule has 0 amide bonds. The zero-order valence-electron chi connectivity index (χ0n) is 6.99. The van der Waals surface area contributed by atoms with Crippen molar-refractivity contribution in [3.8, 4) is 0 Å². The molecule has 1 aromatic rings. The van der Waals surface area contributed by atoms with Crippen LogP contribution in [0.15, 0.2) is 0 Å². The molecule has 0 atom stereocenters. The van der Waals surface area contributed by atoms with E-state index in [-0.39, 0.29) is 5.69 Å². The third-order valence-corrected chi connectivity index (χ3v) is 2.97. The fourth-order valence-corrected chi connectivity index (χ4v) is 2.13. The average molecular weight is 198 g/mol. The van der Waals surface area contributed by atoms with Gasteiger partial charge in [0.2, 0.25) is 0 Å². The minimum atomic E-state index is -1.03. The van der Waals surface area contributed by atoms with Crippen LogP contribution in [0.1, 0.15) is 28.3 Å². The van der Waals surface area contributed by atoms with Gasteiger partial charge < -0.3 is 10.8 Å². The van der Waals surface area contributed by atoms with Crippen molar-refractivity contribution in [1.29, 1.82) is 0 Å². The monoisotopic (exact) mass is 198 g/mol. The standard InChI is InChI=1S/C8H10N2O2S/c9-7-6(8(11)12)10-5(13-7)3-4-1-2-4/h4H,1-3,9H2,(H,11,12). The molecule has 3 N–H and O–H groups in total. The lowest BCUT2D eigenvalue weighted by atomic mass is 10.3. The molecule has 13 heavy (non-hydrogen) atoms. The second-order valence-corrected chi connectivity index (χ2v) is 4.39. The summed E-state index contributed by atoms with van der Waals surface area (Å²) in [6, 6.07) is 0. The molecule has 1 aromatic heterocycles. The second kappa shape index (κ2) is 2.99. The van der Waals surface area contributed by atoms with E-state index in [2.05, 4.69) is 4.98 Å². The van der Waals surface area contributed by atoms with Gasteiger partial charge in [-0.1, -0.05) is 0 Å². The normalized spacial score (nSPS) is 16.0. The van der Waals surface area contributed by atoms with Gasteiger partial charge in [-0.2, -0.15) is 0 Å². The van der Waals surface area contributed by atoms with Gasteiger partial charge in [0.25, 0.3) is 0 Å². The highest BCUT2D eigenvalue weighted by Crippen LogP contribution is 2.34. The van der Waals surface area contributed by atoms with Crippen LogP contribution in [0.2, 0.25) is 0 Å². The lowest BCUT2D eigenvalue weighted by molar-refractivity contribution is 0.0692. The first-order chi connectivity index (χ1) is 6.16. The number of carboxylic acid groups (broad SMARTS) is 1. The maximum atomic E-state index is 10.6. The molecule has 0 saturated heterocycles. The fourth-order valence-electron chi connectivity index (χ4n) is 1.19. The zero-order valence-corrected chi connectivity index (χ0v) is 7.80. The van der Waals surface area contributed by atoms with Crippen molar-refractivity contribution in [3.05, 3.63) is 10.7 Å². The number of carboxylic acids is 1. The molecule has 1 fully saturated rings. The molecule has 0 aliphatic heterocycles. The van der Waals surface area contributed by atoms with Crippen molar-refractivity contribution >= 4 is 22.3 Å². The molecule has 1 aliphatic rings. The van der Waals surface area contributed by atoms with Crippen molar-refractivity contribution in [3.63, 3.8) is 0 Å². The lowest BCUT2D eigenvalue weighted by Crippen LogP contribution is -2.00. The van der Waals surface area contributed by atoms with E-state index in [9.17, 15) is 4.79 Å². The largest absolute Gasteiger partial charge is 0.476 e. The molecule has 0 spiro atoms. The van der Waals surface area contributed by atoms with Gasteiger partial charge in [0.1, 0.15) is 5.00 Å². The number of hydrogen-bond donors (Lipinski definition) is 2. The number of nitrogens with two attached hydrogens (primary N) is 1. The smallest absolute Gasteiger partial charge is 0.357 e. The highest BCUT2D eigenvalue weighted by Gasteiger charge is 2.24. The summed E-state index contributed by atoms with van der Waals surface area (Å²) in [4.78, 5) is 14.6. The molecule has 1 aliphatic carbocycles. The summed E-state index contributed by atoms with van der Waals surface area (Å²) in [5.41, 5.74) is 5.53. The first-order valence-electron chi connectivity index (χ1n) is 4.15. The Balaban J connectivity index is 2.18. The summed E-state index contributed by atoms with van der Waals surface area (Å²) < 4.78 is 0. The number of nitrogen functional groups attached to an aromatic ring is 1. The summed E-state index contributed by atoms with van der Waals surface area (Å²) in [5, 5.41) is 9.87. The summed E-state index contributed by atoms with van der Waals surface area (Å²) in [7, 11) is 0. The highest BCUT2D eigenvalue weighted by atomic mass is 32.1. The molecule has 0 radical (unpaired) electrons. The third kappa shape index (κ3) is 1.80. The van der Waals surface area contributed by atoms with Crippen LogP contribution in [0.4, 0.5) is 5.00 Å². The number of anilines is 1. The number of aromatic nitrogens is 1. The predicted molar refractivity (Wildman–Crippen MR) is 49.9 cm³/mol. The van der Waals surface area contributed by atoms with Crippen molar-refractivity contribution in [2.24, 2.45) is 5.92 Å². The van der Waals surface area contributed by atoms with Crippen molar-refractivity contribution < 1.29 is 9.90 Å². The lowest BCUT2D eigenvalue weighted by Gasteiger charge is -1.88. The van der Waals surface area contributed by atoms with Gasteiger partial charge in [0, 0.05) is 6.42 Å². The maximum Gasteiger partial charge on any atom is 0.357 e. The molecule has 4 nitrogen and oxygen atoms in total. The van der Waals surface area contributed by atoms with Crippen molar-refractivity contribution in [2.45, 2.75) is 19.3 Å². The summed E-state index contributed by atoms with van der Waals surface area (Å²) in [6.45, 7) is 0. The summed E-state index contributed by atoms with van der Waals surface area (Å²) in [5.74, 6) is -0.317. The molecule has 5 heteroatoms. The van der Waals surface area contributed by atoms with Crippen LogP contribution in [0.5, 0.6) is 0 Å². The molecule has 0 bridgehead atoms. The van der Waals surface area contributed by atoms with E-state index in [1.165, 1.54) is 24.2 Å². The average Bonchev–Trinajstić information content (AvgIpc) is 2.75. The van der Waals surface area contributed by atoms with E-state index >= 15 is 0 Å². The van der Waals surface area contributed by atoms with Crippen LogP contribution >= 0.6 is 11.3 Å². The topological polar surface area (TPSA) is 76.2 Å². The minimum absolute atomic E-state index is 0.0145. The molecule has 2 rings (SSSR count). The van der Waals surface area contributed by atoms with Crippen molar-refractivity contribution in [2.75, 3.05) is 5.73 Å². The Hall–Kier alpha value is -1.10. The fraction of sp³-hybridized carbons (Fsp3) is 0.500. The first kappa shape index (κ1) is 8.50. The minimum Gasteiger partial charge on any atom is -0.476 e. The van der Waals surface area contributed by atoms with E-state index in [4.69, 9.17) is 10.8 Å². The number of nitrogens with zero attached hydrogens (tertiary/aromatic N) is 1. The van der Waals surface area contributed by atoms with E-state index < -0.39 is 5.97 Å². The Kier molecular flexibility index (Phi) is 1.95. The van der Waals surface area contributed by atoms with Crippen LogP contribution in [-0.4, -0.2) is 16.1 Å². The quantitative estimate of drug-likeness (QED) is 0.769. The van der Waals surface area contributed by atoms with E-state index in [0.717, 1.165) is 11.4 Å². The summed E-state index contributed by atoms with van der Waals surface area (Å²) >= 11 is 1.30. The predicted octanol–water partition coefficient (Wildman–Crippen LogP) is 1.38. The Labute approximate surface area is 79.4 Å². The van der Waals surface area contributed by atoms with Gasteiger partial charge in [-0.25, -0.2) is 9.78 Å². The van der Waals surface area contributed by atoms with E-state index in [1.807, 2.05) is 0 Å². The van der Waals surface area contributed by atoms with Gasteiger partial charge in [-0.3, -0.25) is 0 Å². The van der Waals surface area contributed by atoms with Crippen LogP contribution < -0.4 is 5.73 Å². The Bertz CT molecular complexity index is 344. The second-order valence-electron chi connectivity index (χ2n) is 3.27. The third-order valence-electron chi connectivity index (χ3n) is 2.06. The highest BCUT2D eigenvalue weighted by molar-refractivity contribution is 7.15. The van der Waals surface area contributed by atoms with Crippen LogP contribution in [-0.2, 0) is 6.42 Å². The van der Waals surface area contributed by atoms with Gasteiger partial charge in [-0.05, 0) is 18.8 Å². The Morgan fingerprint density at radius 3 is 2.85 bits per heavy atom. The van der Waals surface area contributed by atoms with Crippen LogP contribution in [0, 0.1) is 5.92 Å². The van der Waals surface area contributed by atoms with Gasteiger partial charge in [0.05, 0.1) is 5.01 Å². The molecule has 0 unspecified atom stereocenters. The molecular weight excluding hydrogens is 188 g/mol. The van der Waals surface area contributed by atoms with E-state index in [0.29, 0.717) is 10.9 Å². The number of carbonyl (C=O) groups is 1. The number of hydrogen-bond acceptors (Lipinski definition) is 4. The number of rotatable bonds is 3. The maximum absolute atomic E-state index is 10.6. The SMILES string of the molecule is Nc1sc(CC2CC2)nc1C(=O)O. The van der Waals surface area contributed by atoms with Gasteiger partial charge >= 0.3 is 5.97 Å². The molecule has 1 heterocycles. The van der Waals surface area contributed by atoms with E-state index in [1.54, 1.807) is 0 Å². The first-order valence-corrected chi connectivity index (χ1v) is 4.97. The Morgan fingerprint density at radius 2 is 2.38 bits per heavy atom. The number of aromatic carboxylic acids is 1. The molecule has 0 aromatic carbocycles. The van der Waals surface area contributed by atoms with Gasteiger partial charge in [-0.15, -0.1) is 11.3 Å². The molecule has 70 valence electrons. The van der Waals surface area contributed by atoms with Crippen LogP contribution in [0.3, 0.4) is 0 Å². The zero-order chi connectivity index (χ0) is 9.42. The van der Waals surface area contributed by atoms with Gasteiger partial charge in [0.15, 0.2) is 5.69 Å². The number of thiazole rings is 1. The molecular formula is C8H10N2O2S. The van der Waals surface area contributed by atoms with Crippen molar-refractivity contribution in [1.82, 2.24) is 4.98 Å². The molecule has 1 saturated carbocycles. The summed E-state index contributed by atoms with van der Waals surface area (Å²) in [6.07, 6.45) is 3.37. The Morgan fingerprint density at radius 1 is 1.69 bits per heavy atom. The van der Waals surface area contributed by atoms with Crippen LogP contribution in [0.25, 0.3) is 0 Å².